The molecule has 0 aliphatic carbocycles. The molecule has 0 aliphatic heterocycles. The maximum atomic E-state index is 4.28. The smallest absolute Gasteiger partial charge is 0.191 e. The number of nitrogens with one attached hydrogen (secondary N) is 2. The van der Waals surface area contributed by atoms with Crippen LogP contribution in [0.15, 0.2) is 53.8 Å². The van der Waals surface area contributed by atoms with Crippen LogP contribution >= 0.6 is 24.0 Å². The Morgan fingerprint density at radius 2 is 1.85 bits per heavy atom. The Balaban J connectivity index is 0.00000261. The molecular formula is C20H27IN6. The molecule has 0 fully saturated rings. The van der Waals surface area contributed by atoms with Crippen LogP contribution in [0.2, 0.25) is 0 Å². The molecule has 0 radical (unpaired) electrons. The average Bonchev–Trinajstić information content (AvgIpc) is 3.14. The van der Waals surface area contributed by atoms with E-state index in [0.717, 1.165) is 44.3 Å². The summed E-state index contributed by atoms with van der Waals surface area (Å²) in [6, 6.07) is 15.1. The molecule has 144 valence electrons. The molecule has 0 spiro atoms. The van der Waals surface area contributed by atoms with Gasteiger partial charge in [0.25, 0.3) is 0 Å². The number of aryl methyl sites for hydroxylation is 1. The minimum absolute atomic E-state index is 0. The van der Waals surface area contributed by atoms with Gasteiger partial charge in [0.2, 0.25) is 0 Å². The normalized spacial score (nSPS) is 11.3. The van der Waals surface area contributed by atoms with Gasteiger partial charge < -0.3 is 15.2 Å². The topological polar surface area (TPSA) is 67.1 Å². The molecule has 0 unspecified atom stereocenters. The lowest BCUT2D eigenvalue weighted by molar-refractivity contribution is 0.632. The number of nitrogens with zero attached hydrogens (tertiary/aromatic N) is 4. The molecule has 0 amide bonds. The highest BCUT2D eigenvalue weighted by molar-refractivity contribution is 14.0. The van der Waals surface area contributed by atoms with Gasteiger partial charge in [0.15, 0.2) is 5.96 Å². The van der Waals surface area contributed by atoms with Gasteiger partial charge in [-0.3, -0.25) is 4.99 Å². The van der Waals surface area contributed by atoms with Crippen LogP contribution in [0.1, 0.15) is 18.3 Å². The SMILES string of the molecule is CCc1nncn1CCNC(=NC)NCCc1ccc2ccccc2c1.I. The van der Waals surface area contributed by atoms with E-state index in [1.54, 1.807) is 13.4 Å². The van der Waals surface area contributed by atoms with Gasteiger partial charge in [-0.1, -0.05) is 49.4 Å². The van der Waals surface area contributed by atoms with Crippen LogP contribution in [0.5, 0.6) is 0 Å². The van der Waals surface area contributed by atoms with Crippen molar-refractivity contribution >= 4 is 40.7 Å². The zero-order valence-corrected chi connectivity index (χ0v) is 18.2. The first-order valence-electron chi connectivity index (χ1n) is 9.09. The highest BCUT2D eigenvalue weighted by Crippen LogP contribution is 2.15. The molecule has 0 bridgehead atoms. The quantitative estimate of drug-likeness (QED) is 0.311. The zero-order valence-electron chi connectivity index (χ0n) is 15.9. The van der Waals surface area contributed by atoms with Gasteiger partial charge in [-0.2, -0.15) is 0 Å². The number of hydrogen-bond donors (Lipinski definition) is 2. The standard InChI is InChI=1S/C20H26N6.HI/c1-3-19-25-24-15-26(19)13-12-23-20(21-2)22-11-10-16-8-9-17-6-4-5-7-18(17)14-16;/h4-9,14-15H,3,10-13H2,1-2H3,(H2,21,22,23);1H. The lowest BCUT2D eigenvalue weighted by atomic mass is 10.1. The number of aliphatic imine (C=N–C) groups is 1. The van der Waals surface area contributed by atoms with Crippen molar-refractivity contribution in [3.8, 4) is 0 Å². The molecule has 27 heavy (non-hydrogen) atoms. The van der Waals surface area contributed by atoms with Crippen LogP contribution in [0.4, 0.5) is 0 Å². The van der Waals surface area contributed by atoms with Crippen molar-refractivity contribution in [3.05, 3.63) is 60.2 Å². The van der Waals surface area contributed by atoms with Gasteiger partial charge in [-0.15, -0.1) is 34.2 Å². The highest BCUT2D eigenvalue weighted by Gasteiger charge is 2.02. The Morgan fingerprint density at radius 1 is 1.07 bits per heavy atom. The fourth-order valence-electron chi connectivity index (χ4n) is 2.97. The number of hydrogen-bond acceptors (Lipinski definition) is 3. The average molecular weight is 478 g/mol. The molecule has 6 nitrogen and oxygen atoms in total. The van der Waals surface area contributed by atoms with Crippen molar-refractivity contribution in [2.75, 3.05) is 20.1 Å². The molecule has 3 rings (SSSR count). The van der Waals surface area contributed by atoms with Crippen molar-refractivity contribution in [3.63, 3.8) is 0 Å². The number of rotatable bonds is 7. The molecule has 0 saturated heterocycles. The van der Waals surface area contributed by atoms with Gasteiger partial charge in [0.05, 0.1) is 0 Å². The van der Waals surface area contributed by atoms with Gasteiger partial charge >= 0.3 is 0 Å². The van der Waals surface area contributed by atoms with E-state index < -0.39 is 0 Å². The summed E-state index contributed by atoms with van der Waals surface area (Å²) in [5, 5.41) is 17.3. The summed E-state index contributed by atoms with van der Waals surface area (Å²) in [6.45, 7) is 4.52. The summed E-state index contributed by atoms with van der Waals surface area (Å²) in [5.74, 6) is 1.82. The third-order valence-corrected chi connectivity index (χ3v) is 4.40. The largest absolute Gasteiger partial charge is 0.356 e. The lowest BCUT2D eigenvalue weighted by Gasteiger charge is -2.13. The molecule has 0 atom stereocenters. The lowest BCUT2D eigenvalue weighted by Crippen LogP contribution is -2.39. The van der Waals surface area contributed by atoms with E-state index in [2.05, 4.69) is 79.8 Å². The zero-order chi connectivity index (χ0) is 18.2. The molecule has 1 aromatic heterocycles. The van der Waals surface area contributed by atoms with Crippen molar-refractivity contribution in [1.82, 2.24) is 25.4 Å². The number of fused-ring (bicyclic) bond motifs is 1. The van der Waals surface area contributed by atoms with Crippen LogP contribution in [0.3, 0.4) is 0 Å². The summed E-state index contributed by atoms with van der Waals surface area (Å²) >= 11 is 0. The fraction of sp³-hybridized carbons (Fsp3) is 0.350. The molecule has 3 aromatic rings. The molecule has 7 heteroatoms. The van der Waals surface area contributed by atoms with Crippen LogP contribution in [0, 0.1) is 0 Å². The summed E-state index contributed by atoms with van der Waals surface area (Å²) in [5.41, 5.74) is 1.32. The van der Waals surface area contributed by atoms with E-state index in [-0.39, 0.29) is 24.0 Å². The highest BCUT2D eigenvalue weighted by atomic mass is 127. The Labute approximate surface area is 177 Å². The third kappa shape index (κ3) is 5.92. The Hall–Kier alpha value is -2.16. The van der Waals surface area contributed by atoms with Crippen molar-refractivity contribution in [2.24, 2.45) is 4.99 Å². The number of guanidine groups is 1. The molecule has 2 N–H and O–H groups in total. The molecule has 2 aromatic carbocycles. The van der Waals surface area contributed by atoms with Crippen LogP contribution in [-0.2, 0) is 19.4 Å². The maximum absolute atomic E-state index is 4.28. The van der Waals surface area contributed by atoms with E-state index >= 15 is 0 Å². The number of aromatic nitrogens is 3. The van der Waals surface area contributed by atoms with Crippen LogP contribution in [0.25, 0.3) is 10.8 Å². The first kappa shape index (κ1) is 21.1. The van der Waals surface area contributed by atoms with E-state index in [0.29, 0.717) is 0 Å². The Bertz CT molecular complexity index is 874. The summed E-state index contributed by atoms with van der Waals surface area (Å²) < 4.78 is 2.06. The monoisotopic (exact) mass is 478 g/mol. The fourth-order valence-corrected chi connectivity index (χ4v) is 2.97. The second-order valence-corrected chi connectivity index (χ2v) is 6.15. The van der Waals surface area contributed by atoms with E-state index in [4.69, 9.17) is 0 Å². The second kappa shape index (κ2) is 10.9. The molecule has 0 saturated carbocycles. The van der Waals surface area contributed by atoms with Gasteiger partial charge in [-0.25, -0.2) is 0 Å². The third-order valence-electron chi connectivity index (χ3n) is 4.40. The first-order chi connectivity index (χ1) is 12.8. The summed E-state index contributed by atoms with van der Waals surface area (Å²) in [7, 11) is 1.79. The van der Waals surface area contributed by atoms with Gasteiger partial charge in [0, 0.05) is 33.1 Å². The van der Waals surface area contributed by atoms with Crippen LogP contribution in [-0.4, -0.2) is 40.9 Å². The Morgan fingerprint density at radius 3 is 2.63 bits per heavy atom. The predicted molar refractivity (Wildman–Crippen MR) is 122 cm³/mol. The van der Waals surface area contributed by atoms with Gasteiger partial charge in [0.1, 0.15) is 12.2 Å². The molecular weight excluding hydrogens is 451 g/mol. The Kier molecular flexibility index (Phi) is 8.50. The van der Waals surface area contributed by atoms with Crippen LogP contribution < -0.4 is 10.6 Å². The minimum atomic E-state index is 0. The van der Waals surface area contributed by atoms with E-state index in [1.165, 1.54) is 16.3 Å². The van der Waals surface area contributed by atoms with E-state index in [1.807, 2.05) is 0 Å². The van der Waals surface area contributed by atoms with Crippen molar-refractivity contribution in [2.45, 2.75) is 26.3 Å². The second-order valence-electron chi connectivity index (χ2n) is 6.15. The summed E-state index contributed by atoms with van der Waals surface area (Å²) in [4.78, 5) is 4.28. The number of halogens is 1. The molecule has 1 heterocycles. The van der Waals surface area contributed by atoms with Crippen molar-refractivity contribution < 1.29 is 0 Å². The summed E-state index contributed by atoms with van der Waals surface area (Å²) in [6.07, 6.45) is 3.62. The predicted octanol–water partition coefficient (Wildman–Crippen LogP) is 3.02. The molecule has 0 aliphatic rings. The van der Waals surface area contributed by atoms with Crippen molar-refractivity contribution in [1.29, 1.82) is 0 Å². The number of benzene rings is 2. The maximum Gasteiger partial charge on any atom is 0.191 e. The van der Waals surface area contributed by atoms with E-state index in [9.17, 15) is 0 Å². The van der Waals surface area contributed by atoms with Gasteiger partial charge in [-0.05, 0) is 22.8 Å². The first-order valence-corrected chi connectivity index (χ1v) is 9.09. The minimum Gasteiger partial charge on any atom is -0.356 e.